The van der Waals surface area contributed by atoms with Crippen molar-refractivity contribution in [2.45, 2.75) is 23.8 Å². The van der Waals surface area contributed by atoms with E-state index >= 15 is 0 Å². The molecule has 1 heterocycles. The average molecular weight is 334 g/mol. The minimum Gasteiger partial charge on any atom is -0.492 e. The van der Waals surface area contributed by atoms with Crippen LogP contribution in [0.25, 0.3) is 0 Å². The van der Waals surface area contributed by atoms with Crippen LogP contribution in [0.15, 0.2) is 53.4 Å². The fraction of sp³-hybridized carbons (Fsp3) is 0.294. The Morgan fingerprint density at radius 3 is 2.74 bits per heavy atom. The average Bonchev–Trinajstić information content (AvgIpc) is 3.04. The van der Waals surface area contributed by atoms with Gasteiger partial charge in [0.1, 0.15) is 18.2 Å². The summed E-state index contributed by atoms with van der Waals surface area (Å²) in [6.07, 6.45) is 1.55. The highest BCUT2D eigenvalue weighted by molar-refractivity contribution is 7.89. The number of benzene rings is 2. The van der Waals surface area contributed by atoms with E-state index in [1.807, 2.05) is 0 Å². The Morgan fingerprint density at radius 2 is 2.04 bits per heavy atom. The number of halogens is 1. The number of nitrogens with zero attached hydrogens (tertiary/aromatic N) is 1. The molecule has 1 radical (unpaired) electrons. The first-order valence-electron chi connectivity index (χ1n) is 7.44. The van der Waals surface area contributed by atoms with Crippen LogP contribution in [-0.2, 0) is 10.0 Å². The predicted octanol–water partition coefficient (Wildman–Crippen LogP) is 2.86. The van der Waals surface area contributed by atoms with E-state index in [9.17, 15) is 12.8 Å². The van der Waals surface area contributed by atoms with Gasteiger partial charge in [0.05, 0.1) is 10.9 Å². The lowest BCUT2D eigenvalue weighted by Gasteiger charge is -2.24. The quantitative estimate of drug-likeness (QED) is 0.845. The van der Waals surface area contributed by atoms with E-state index in [1.165, 1.54) is 34.6 Å². The molecular formula is C17H17FNO3S. The summed E-state index contributed by atoms with van der Waals surface area (Å²) in [6.45, 7) is 0.732. The fourth-order valence-electron chi connectivity index (χ4n) is 2.69. The summed E-state index contributed by atoms with van der Waals surface area (Å²) in [5.74, 6) is 0.200. The second kappa shape index (κ2) is 6.68. The zero-order valence-electron chi connectivity index (χ0n) is 12.5. The van der Waals surface area contributed by atoms with E-state index in [-0.39, 0.29) is 23.4 Å². The third-order valence-electron chi connectivity index (χ3n) is 3.86. The van der Waals surface area contributed by atoms with Crippen LogP contribution in [0.3, 0.4) is 0 Å². The summed E-state index contributed by atoms with van der Waals surface area (Å²) >= 11 is 0. The standard InChI is InChI=1S/C17H17FNO3S/c18-14-8-10-16(11-9-14)22-13-15-5-4-12-19(15)23(20,21)17-6-2-1-3-7-17/h1-2,6-11,15H,4-5,12-13H2/t15-/m0/s1. The maximum Gasteiger partial charge on any atom is 0.243 e. The Morgan fingerprint density at radius 1 is 1.26 bits per heavy atom. The second-order valence-electron chi connectivity index (χ2n) is 5.42. The number of hydrogen-bond donors (Lipinski definition) is 0. The van der Waals surface area contributed by atoms with Gasteiger partial charge in [0.15, 0.2) is 0 Å². The molecular weight excluding hydrogens is 317 g/mol. The van der Waals surface area contributed by atoms with Crippen molar-refractivity contribution in [3.8, 4) is 5.75 Å². The Bertz CT molecular complexity index is 747. The fourth-order valence-corrected chi connectivity index (χ4v) is 4.35. The summed E-state index contributed by atoms with van der Waals surface area (Å²) in [4.78, 5) is 0.244. The van der Waals surface area contributed by atoms with E-state index in [1.54, 1.807) is 18.2 Å². The maximum absolute atomic E-state index is 12.9. The van der Waals surface area contributed by atoms with Gasteiger partial charge in [-0.3, -0.25) is 0 Å². The van der Waals surface area contributed by atoms with E-state index in [4.69, 9.17) is 4.74 Å². The summed E-state index contributed by atoms with van der Waals surface area (Å²) in [6, 6.07) is 14.7. The predicted molar refractivity (Wildman–Crippen MR) is 84.1 cm³/mol. The lowest BCUT2D eigenvalue weighted by atomic mass is 10.2. The maximum atomic E-state index is 12.9. The van der Waals surface area contributed by atoms with Crippen molar-refractivity contribution in [2.24, 2.45) is 0 Å². The van der Waals surface area contributed by atoms with Crippen molar-refractivity contribution < 1.29 is 17.5 Å². The summed E-state index contributed by atoms with van der Waals surface area (Å²) < 4.78 is 45.4. The van der Waals surface area contributed by atoms with Crippen LogP contribution < -0.4 is 4.74 Å². The molecule has 0 amide bonds. The molecule has 1 saturated heterocycles. The Kier molecular flexibility index (Phi) is 4.63. The molecule has 3 rings (SSSR count). The number of ether oxygens (including phenoxy) is 1. The summed E-state index contributed by atoms with van der Waals surface area (Å²) in [7, 11) is -3.54. The minimum atomic E-state index is -3.54. The molecule has 1 atom stereocenters. The van der Waals surface area contributed by atoms with Gasteiger partial charge in [-0.15, -0.1) is 0 Å². The van der Waals surface area contributed by atoms with Gasteiger partial charge < -0.3 is 4.74 Å². The zero-order chi connectivity index (χ0) is 16.3. The van der Waals surface area contributed by atoms with Crippen molar-refractivity contribution in [1.29, 1.82) is 0 Å². The molecule has 0 aliphatic carbocycles. The normalized spacial score (nSPS) is 18.9. The molecule has 1 aliphatic rings. The van der Waals surface area contributed by atoms with Crippen molar-refractivity contribution in [1.82, 2.24) is 4.31 Å². The first-order chi connectivity index (χ1) is 11.1. The molecule has 0 aromatic heterocycles. The van der Waals surface area contributed by atoms with Gasteiger partial charge in [0.25, 0.3) is 0 Å². The first-order valence-corrected chi connectivity index (χ1v) is 8.88. The molecule has 121 valence electrons. The third-order valence-corrected chi connectivity index (χ3v) is 5.81. The second-order valence-corrected chi connectivity index (χ2v) is 7.31. The van der Waals surface area contributed by atoms with Crippen LogP contribution in [0.2, 0.25) is 0 Å². The number of rotatable bonds is 5. The van der Waals surface area contributed by atoms with E-state index in [0.717, 1.165) is 12.8 Å². The lowest BCUT2D eigenvalue weighted by molar-refractivity contribution is 0.232. The Hall–Kier alpha value is -1.92. The van der Waals surface area contributed by atoms with Crippen LogP contribution in [0.4, 0.5) is 4.39 Å². The smallest absolute Gasteiger partial charge is 0.243 e. The molecule has 2 aromatic carbocycles. The van der Waals surface area contributed by atoms with Crippen molar-refractivity contribution in [2.75, 3.05) is 13.2 Å². The van der Waals surface area contributed by atoms with Gasteiger partial charge in [-0.05, 0) is 55.3 Å². The molecule has 4 nitrogen and oxygen atoms in total. The van der Waals surface area contributed by atoms with Gasteiger partial charge in [0.2, 0.25) is 10.0 Å². The molecule has 6 heteroatoms. The molecule has 1 aliphatic heterocycles. The van der Waals surface area contributed by atoms with Gasteiger partial charge in [-0.1, -0.05) is 12.1 Å². The third kappa shape index (κ3) is 3.54. The highest BCUT2D eigenvalue weighted by Crippen LogP contribution is 2.26. The van der Waals surface area contributed by atoms with Gasteiger partial charge >= 0.3 is 0 Å². The van der Waals surface area contributed by atoms with Crippen LogP contribution in [0, 0.1) is 11.9 Å². The molecule has 1 fully saturated rings. The highest BCUT2D eigenvalue weighted by atomic mass is 32.2. The SMILES string of the molecule is O=S(=O)(c1c[c]ccc1)N1CCC[C@H]1COc1ccc(F)cc1. The number of hydrogen-bond acceptors (Lipinski definition) is 3. The molecule has 0 bridgehead atoms. The lowest BCUT2D eigenvalue weighted by Crippen LogP contribution is -2.39. The largest absolute Gasteiger partial charge is 0.492 e. The minimum absolute atomic E-state index is 0.217. The summed E-state index contributed by atoms with van der Waals surface area (Å²) in [5.41, 5.74) is 0. The zero-order valence-corrected chi connectivity index (χ0v) is 13.3. The number of sulfonamides is 1. The molecule has 2 aromatic rings. The Balaban J connectivity index is 1.71. The topological polar surface area (TPSA) is 46.6 Å². The molecule has 0 spiro atoms. The van der Waals surface area contributed by atoms with E-state index in [2.05, 4.69) is 6.07 Å². The van der Waals surface area contributed by atoms with Crippen molar-refractivity contribution in [3.05, 3.63) is 60.4 Å². The monoisotopic (exact) mass is 334 g/mol. The van der Waals surface area contributed by atoms with Crippen LogP contribution >= 0.6 is 0 Å². The molecule has 0 saturated carbocycles. The molecule has 0 unspecified atom stereocenters. The molecule has 23 heavy (non-hydrogen) atoms. The Labute approximate surface area is 135 Å². The first kappa shape index (κ1) is 16.0. The van der Waals surface area contributed by atoms with Crippen molar-refractivity contribution in [3.63, 3.8) is 0 Å². The van der Waals surface area contributed by atoms with Gasteiger partial charge in [0, 0.05) is 6.54 Å². The van der Waals surface area contributed by atoms with E-state index in [0.29, 0.717) is 12.3 Å². The molecule has 0 N–H and O–H groups in total. The van der Waals surface area contributed by atoms with Gasteiger partial charge in [-0.25, -0.2) is 12.8 Å². The van der Waals surface area contributed by atoms with Gasteiger partial charge in [-0.2, -0.15) is 4.31 Å². The highest BCUT2D eigenvalue weighted by Gasteiger charge is 2.35. The van der Waals surface area contributed by atoms with Crippen molar-refractivity contribution >= 4 is 10.0 Å². The van der Waals surface area contributed by atoms with Crippen LogP contribution in [0.1, 0.15) is 12.8 Å². The van der Waals surface area contributed by atoms with Crippen LogP contribution in [0.5, 0.6) is 5.75 Å². The summed E-state index contributed by atoms with van der Waals surface area (Å²) in [5, 5.41) is 0. The van der Waals surface area contributed by atoms with E-state index < -0.39 is 10.0 Å². The van der Waals surface area contributed by atoms with Crippen LogP contribution in [-0.4, -0.2) is 31.9 Å².